The van der Waals surface area contributed by atoms with Gasteiger partial charge in [0.2, 0.25) is 0 Å². The Hall–Kier alpha value is -2.66. The van der Waals surface area contributed by atoms with Gasteiger partial charge in [0.1, 0.15) is 24.9 Å². The van der Waals surface area contributed by atoms with Crippen LogP contribution in [0.3, 0.4) is 0 Å². The van der Waals surface area contributed by atoms with Gasteiger partial charge in [-0.1, -0.05) is 6.07 Å². The molecule has 3 rings (SSSR count). The van der Waals surface area contributed by atoms with Crippen molar-refractivity contribution in [3.63, 3.8) is 0 Å². The first kappa shape index (κ1) is 20.1. The summed E-state index contributed by atoms with van der Waals surface area (Å²) in [5.74, 6) is -4.08. The first-order valence-corrected chi connectivity index (χ1v) is 8.43. The zero-order valence-corrected chi connectivity index (χ0v) is 14.8. The molecule has 2 fully saturated rings. The number of carbonyl (C=O) groups excluding carboxylic acids is 2. The van der Waals surface area contributed by atoms with Crippen molar-refractivity contribution in [2.45, 2.75) is 36.6 Å². The van der Waals surface area contributed by atoms with E-state index in [1.807, 2.05) is 0 Å². The molecular weight excluding hydrogens is 376 g/mol. The van der Waals surface area contributed by atoms with Gasteiger partial charge in [-0.3, -0.25) is 0 Å². The summed E-state index contributed by atoms with van der Waals surface area (Å²) in [5.41, 5.74) is 0.451. The average Bonchev–Trinajstić information content (AvgIpc) is 3.00. The molecule has 2 saturated heterocycles. The molecule has 28 heavy (non-hydrogen) atoms. The fourth-order valence-electron chi connectivity index (χ4n) is 3.12. The van der Waals surface area contributed by atoms with Crippen LogP contribution in [0.2, 0.25) is 0 Å². The smallest absolute Gasteiger partial charge is 0.366 e. The first-order valence-electron chi connectivity index (χ1n) is 8.43. The number of rotatable bonds is 5. The van der Waals surface area contributed by atoms with E-state index in [2.05, 4.69) is 4.74 Å². The number of aliphatic hydroxyl groups excluding tert-OH is 2. The van der Waals surface area contributed by atoms with E-state index >= 15 is 0 Å². The molecule has 10 nitrogen and oxygen atoms in total. The zero-order chi connectivity index (χ0) is 20.5. The van der Waals surface area contributed by atoms with Gasteiger partial charge in [-0.2, -0.15) is 0 Å². The number of phenolic OH excluding ortho intramolecular Hbond substituents is 2. The quantitative estimate of drug-likeness (QED) is 0.289. The third-order valence-corrected chi connectivity index (χ3v) is 4.54. The molecule has 0 saturated carbocycles. The number of methoxy groups -OCH3 is 1. The third kappa shape index (κ3) is 3.80. The summed E-state index contributed by atoms with van der Waals surface area (Å²) in [6, 6.07) is 4.00. The van der Waals surface area contributed by atoms with Gasteiger partial charge in [0.05, 0.1) is 13.2 Å². The van der Waals surface area contributed by atoms with Crippen LogP contribution < -0.4 is 0 Å². The lowest BCUT2D eigenvalue weighted by Crippen LogP contribution is -2.54. The fraction of sp³-hybridized carbons (Fsp3) is 0.444. The van der Waals surface area contributed by atoms with Crippen LogP contribution >= 0.6 is 0 Å². The van der Waals surface area contributed by atoms with Gasteiger partial charge in [-0.25, -0.2) is 9.59 Å². The lowest BCUT2D eigenvalue weighted by atomic mass is 9.96. The molecule has 2 heterocycles. The van der Waals surface area contributed by atoms with Crippen molar-refractivity contribution in [1.29, 1.82) is 0 Å². The third-order valence-electron chi connectivity index (χ3n) is 4.54. The summed E-state index contributed by atoms with van der Waals surface area (Å²) in [6.07, 6.45) is -2.50. The molecule has 5 atom stereocenters. The predicted molar refractivity (Wildman–Crippen MR) is 90.9 cm³/mol. The van der Waals surface area contributed by atoms with Crippen LogP contribution in [0, 0.1) is 0 Å². The maximum atomic E-state index is 12.0. The summed E-state index contributed by atoms with van der Waals surface area (Å²) in [6.45, 7) is -0.336. The lowest BCUT2D eigenvalue weighted by Gasteiger charge is -2.34. The Morgan fingerprint density at radius 3 is 2.68 bits per heavy atom. The largest absolute Gasteiger partial charge is 0.504 e. The number of esters is 2. The second kappa shape index (κ2) is 7.76. The van der Waals surface area contributed by atoms with Crippen molar-refractivity contribution in [1.82, 2.24) is 0 Å². The average molecular weight is 396 g/mol. The van der Waals surface area contributed by atoms with Crippen molar-refractivity contribution in [2.24, 2.45) is 0 Å². The summed E-state index contributed by atoms with van der Waals surface area (Å²) in [5, 5.41) is 38.7. The van der Waals surface area contributed by atoms with Gasteiger partial charge in [0.15, 0.2) is 11.5 Å². The summed E-state index contributed by atoms with van der Waals surface area (Å²) >= 11 is 0. The first-order chi connectivity index (χ1) is 13.3. The molecule has 2 bridgehead atoms. The van der Waals surface area contributed by atoms with Crippen molar-refractivity contribution < 1.29 is 49.0 Å². The van der Waals surface area contributed by atoms with Gasteiger partial charge in [-0.15, -0.1) is 0 Å². The Morgan fingerprint density at radius 1 is 1.25 bits per heavy atom. The molecule has 0 radical (unpaired) electrons. The van der Waals surface area contributed by atoms with E-state index < -0.39 is 42.1 Å². The van der Waals surface area contributed by atoms with Crippen LogP contribution in [0.1, 0.15) is 12.0 Å². The molecule has 0 amide bonds. The van der Waals surface area contributed by atoms with Crippen molar-refractivity contribution >= 4 is 18.0 Å². The van der Waals surface area contributed by atoms with Crippen LogP contribution in [-0.2, 0) is 28.5 Å². The molecule has 2 aliphatic rings. The molecule has 0 aliphatic carbocycles. The Morgan fingerprint density at radius 2 is 2.00 bits per heavy atom. The number of benzene rings is 1. The highest BCUT2D eigenvalue weighted by atomic mass is 16.8. The second-order valence-corrected chi connectivity index (χ2v) is 6.46. The van der Waals surface area contributed by atoms with Crippen LogP contribution in [-0.4, -0.2) is 76.3 Å². The van der Waals surface area contributed by atoms with Gasteiger partial charge >= 0.3 is 11.9 Å². The Kier molecular flexibility index (Phi) is 5.57. The molecule has 4 N–H and O–H groups in total. The molecule has 0 aromatic heterocycles. The predicted octanol–water partition coefficient (Wildman–Crippen LogP) is -0.567. The number of phenols is 2. The van der Waals surface area contributed by atoms with Crippen molar-refractivity contribution in [2.75, 3.05) is 13.7 Å². The number of hydrogen-bond acceptors (Lipinski definition) is 10. The summed E-state index contributed by atoms with van der Waals surface area (Å²) in [7, 11) is 1.13. The van der Waals surface area contributed by atoms with Crippen molar-refractivity contribution in [3.05, 3.63) is 29.8 Å². The molecule has 0 spiro atoms. The van der Waals surface area contributed by atoms with E-state index in [1.54, 1.807) is 0 Å². The molecule has 1 aromatic carbocycles. The fourth-order valence-corrected chi connectivity index (χ4v) is 3.12. The van der Waals surface area contributed by atoms with E-state index in [4.69, 9.17) is 14.2 Å². The minimum atomic E-state index is -1.85. The second-order valence-electron chi connectivity index (χ2n) is 6.46. The monoisotopic (exact) mass is 396 g/mol. The number of aliphatic hydroxyl groups is 2. The maximum Gasteiger partial charge on any atom is 0.366 e. The normalized spacial score (nSPS) is 31.7. The maximum absolute atomic E-state index is 12.0. The number of fused-ring (bicyclic) bond motifs is 2. The minimum Gasteiger partial charge on any atom is -0.504 e. The molecule has 10 heteroatoms. The number of carbonyl (C=O) groups is 2. The lowest BCUT2D eigenvalue weighted by molar-refractivity contribution is -0.246. The SMILES string of the molecule is COC(=O)[C@@]12C[C@@H](O)[C@@H](O)[C@@H](O1)[C@@H](COC(=O)/C=C/c1ccc(O)c(O)c1)O2. The Bertz CT molecular complexity index is 791. The summed E-state index contributed by atoms with van der Waals surface area (Å²) < 4.78 is 20.7. The molecule has 1 aromatic rings. The van der Waals surface area contributed by atoms with E-state index in [-0.39, 0.29) is 24.5 Å². The molecule has 0 unspecified atom stereocenters. The van der Waals surface area contributed by atoms with Crippen LogP contribution in [0.4, 0.5) is 0 Å². The Labute approximate surface area is 159 Å². The number of hydrogen-bond donors (Lipinski definition) is 4. The zero-order valence-electron chi connectivity index (χ0n) is 14.8. The Balaban J connectivity index is 1.62. The van der Waals surface area contributed by atoms with Gasteiger partial charge in [0.25, 0.3) is 5.79 Å². The molecule has 152 valence electrons. The van der Waals surface area contributed by atoms with Crippen LogP contribution in [0.25, 0.3) is 6.08 Å². The van der Waals surface area contributed by atoms with Gasteiger partial charge in [0, 0.05) is 12.5 Å². The molecule has 2 aliphatic heterocycles. The van der Waals surface area contributed by atoms with Crippen LogP contribution in [0.15, 0.2) is 24.3 Å². The highest BCUT2D eigenvalue weighted by Crippen LogP contribution is 2.41. The van der Waals surface area contributed by atoms with E-state index in [1.165, 1.54) is 24.3 Å². The topological polar surface area (TPSA) is 152 Å². The standard InChI is InChI=1S/C18H20O10/c1-25-17(24)18-7-12(21)15(23)16(28-18)13(27-18)8-26-14(22)5-3-9-2-4-10(19)11(20)6-9/h2-6,12-13,15-16,19-21,23H,7-8H2,1H3/b5-3+/t12-,13-,15-,16+,18-/m1/s1. The highest BCUT2D eigenvalue weighted by Gasteiger charge is 2.62. The van der Waals surface area contributed by atoms with Gasteiger partial charge in [-0.05, 0) is 23.8 Å². The highest BCUT2D eigenvalue weighted by molar-refractivity contribution is 5.87. The summed E-state index contributed by atoms with van der Waals surface area (Å²) in [4.78, 5) is 23.9. The van der Waals surface area contributed by atoms with Crippen LogP contribution in [0.5, 0.6) is 11.5 Å². The number of ether oxygens (including phenoxy) is 4. The minimum absolute atomic E-state index is 0.287. The van der Waals surface area contributed by atoms with Gasteiger partial charge < -0.3 is 39.4 Å². The van der Waals surface area contributed by atoms with Crippen molar-refractivity contribution in [3.8, 4) is 11.5 Å². The van der Waals surface area contributed by atoms with E-state index in [9.17, 15) is 30.0 Å². The molecular formula is C18H20O10. The number of aromatic hydroxyl groups is 2. The van der Waals surface area contributed by atoms with E-state index in [0.717, 1.165) is 13.2 Å². The van der Waals surface area contributed by atoms with E-state index in [0.29, 0.717) is 5.56 Å².